The summed E-state index contributed by atoms with van der Waals surface area (Å²) in [6.07, 6.45) is 0. The summed E-state index contributed by atoms with van der Waals surface area (Å²) >= 11 is 0. The van der Waals surface area contributed by atoms with E-state index in [-0.39, 0.29) is 17.5 Å². The molecule has 0 aliphatic heterocycles. The molecule has 0 radical (unpaired) electrons. The van der Waals surface area contributed by atoms with Gasteiger partial charge in [0.15, 0.2) is 5.78 Å². The van der Waals surface area contributed by atoms with E-state index in [9.17, 15) is 14.4 Å². The highest BCUT2D eigenvalue weighted by Gasteiger charge is 2.12. The zero-order chi connectivity index (χ0) is 17.0. The van der Waals surface area contributed by atoms with Gasteiger partial charge in [-0.15, -0.1) is 0 Å². The summed E-state index contributed by atoms with van der Waals surface area (Å²) in [7, 11) is 0. The van der Waals surface area contributed by atoms with Crippen LogP contribution in [0.3, 0.4) is 0 Å². The maximum absolute atomic E-state index is 11.6. The summed E-state index contributed by atoms with van der Waals surface area (Å²) in [5, 5.41) is 0. The Bertz CT molecular complexity index is 759. The zero-order valence-electron chi connectivity index (χ0n) is 13.1. The molecule has 0 saturated heterocycles. The Morgan fingerprint density at radius 2 is 1.30 bits per heavy atom. The first-order valence-electron chi connectivity index (χ1n) is 6.99. The van der Waals surface area contributed by atoms with Crippen LogP contribution in [0.1, 0.15) is 31.1 Å². The SMILES string of the molecule is CC(=O)Oc1ccc(-c2ccc(C(C)=O)c(OC(C)=O)c2)cc1. The minimum atomic E-state index is -0.491. The highest BCUT2D eigenvalue weighted by atomic mass is 16.5. The predicted octanol–water partition coefficient (Wildman–Crippen LogP) is 3.41. The lowest BCUT2D eigenvalue weighted by Gasteiger charge is -2.10. The predicted molar refractivity (Wildman–Crippen MR) is 84.5 cm³/mol. The summed E-state index contributed by atoms with van der Waals surface area (Å²) in [6, 6.07) is 11.9. The van der Waals surface area contributed by atoms with E-state index < -0.39 is 5.97 Å². The second-order valence-corrected chi connectivity index (χ2v) is 4.98. The number of hydrogen-bond acceptors (Lipinski definition) is 5. The molecule has 0 aromatic heterocycles. The number of esters is 2. The lowest BCUT2D eigenvalue weighted by Crippen LogP contribution is -2.06. The molecule has 2 aromatic carbocycles. The summed E-state index contributed by atoms with van der Waals surface area (Å²) in [5.41, 5.74) is 1.96. The van der Waals surface area contributed by atoms with E-state index in [4.69, 9.17) is 9.47 Å². The van der Waals surface area contributed by atoms with E-state index in [0.29, 0.717) is 11.3 Å². The van der Waals surface area contributed by atoms with Gasteiger partial charge in [-0.3, -0.25) is 14.4 Å². The smallest absolute Gasteiger partial charge is 0.308 e. The number of ether oxygens (including phenoxy) is 2. The lowest BCUT2D eigenvalue weighted by atomic mass is 10.0. The number of ketones is 1. The fraction of sp³-hybridized carbons (Fsp3) is 0.167. The van der Waals surface area contributed by atoms with Crippen molar-refractivity contribution in [2.24, 2.45) is 0 Å². The number of rotatable bonds is 4. The van der Waals surface area contributed by atoms with Crippen LogP contribution in [0.5, 0.6) is 11.5 Å². The van der Waals surface area contributed by atoms with Gasteiger partial charge < -0.3 is 9.47 Å². The Morgan fingerprint density at radius 3 is 1.83 bits per heavy atom. The average Bonchev–Trinajstić information content (AvgIpc) is 2.46. The molecule has 0 fully saturated rings. The summed E-state index contributed by atoms with van der Waals surface area (Å²) < 4.78 is 10.1. The van der Waals surface area contributed by atoms with Gasteiger partial charge in [-0.1, -0.05) is 18.2 Å². The van der Waals surface area contributed by atoms with Crippen molar-refractivity contribution in [2.45, 2.75) is 20.8 Å². The molecule has 0 atom stereocenters. The standard InChI is InChI=1S/C18H16O5/c1-11(19)17-9-6-15(10-18(17)23-13(3)21)14-4-7-16(8-5-14)22-12(2)20/h4-10H,1-3H3. The van der Waals surface area contributed by atoms with Crippen LogP contribution in [0.25, 0.3) is 11.1 Å². The Morgan fingerprint density at radius 1 is 0.739 bits per heavy atom. The van der Waals surface area contributed by atoms with Crippen molar-refractivity contribution >= 4 is 17.7 Å². The molecule has 118 valence electrons. The first-order chi connectivity index (χ1) is 10.9. The topological polar surface area (TPSA) is 69.7 Å². The van der Waals surface area contributed by atoms with Crippen molar-refractivity contribution < 1.29 is 23.9 Å². The minimum Gasteiger partial charge on any atom is -0.427 e. The second kappa shape index (κ2) is 6.87. The molecule has 0 heterocycles. The monoisotopic (exact) mass is 312 g/mol. The summed E-state index contributed by atoms with van der Waals surface area (Å²) in [5.74, 6) is -0.387. The van der Waals surface area contributed by atoms with Gasteiger partial charge in [-0.2, -0.15) is 0 Å². The molecule has 2 rings (SSSR count). The fourth-order valence-corrected chi connectivity index (χ4v) is 2.11. The molecule has 0 unspecified atom stereocenters. The van der Waals surface area contributed by atoms with Gasteiger partial charge in [0.2, 0.25) is 0 Å². The molecule has 5 nitrogen and oxygen atoms in total. The van der Waals surface area contributed by atoms with Crippen LogP contribution in [-0.4, -0.2) is 17.7 Å². The van der Waals surface area contributed by atoms with Gasteiger partial charge in [0.05, 0.1) is 5.56 Å². The molecule has 0 aliphatic rings. The van der Waals surface area contributed by atoms with Crippen LogP contribution in [0, 0.1) is 0 Å². The van der Waals surface area contributed by atoms with Crippen molar-refractivity contribution in [1.29, 1.82) is 0 Å². The first kappa shape index (κ1) is 16.4. The lowest BCUT2D eigenvalue weighted by molar-refractivity contribution is -0.132. The van der Waals surface area contributed by atoms with Crippen LogP contribution in [0.15, 0.2) is 42.5 Å². The number of carbonyl (C=O) groups excluding carboxylic acids is 3. The van der Waals surface area contributed by atoms with E-state index in [2.05, 4.69) is 0 Å². The number of benzene rings is 2. The summed E-state index contributed by atoms with van der Waals surface area (Å²) in [4.78, 5) is 33.7. The van der Waals surface area contributed by atoms with E-state index in [1.165, 1.54) is 20.8 Å². The second-order valence-electron chi connectivity index (χ2n) is 4.98. The van der Waals surface area contributed by atoms with E-state index >= 15 is 0 Å². The van der Waals surface area contributed by atoms with Crippen LogP contribution >= 0.6 is 0 Å². The van der Waals surface area contributed by atoms with Gasteiger partial charge >= 0.3 is 11.9 Å². The molecule has 2 aromatic rings. The van der Waals surface area contributed by atoms with Crippen LogP contribution in [0.2, 0.25) is 0 Å². The maximum atomic E-state index is 11.6. The quantitative estimate of drug-likeness (QED) is 0.491. The number of carbonyl (C=O) groups is 3. The molecular weight excluding hydrogens is 296 g/mol. The molecule has 0 aliphatic carbocycles. The van der Waals surface area contributed by atoms with Crippen LogP contribution in [0.4, 0.5) is 0 Å². The Kier molecular flexibility index (Phi) is 4.91. The number of Topliss-reactive ketones (excluding diaryl/α,β-unsaturated/α-hetero) is 1. The minimum absolute atomic E-state index is 0.182. The Hall–Kier alpha value is -2.95. The molecule has 0 amide bonds. The Labute approximate surface area is 133 Å². The van der Waals surface area contributed by atoms with E-state index in [1.807, 2.05) is 0 Å². The van der Waals surface area contributed by atoms with Gasteiger partial charge in [-0.25, -0.2) is 0 Å². The third-order valence-corrected chi connectivity index (χ3v) is 3.06. The molecule has 0 N–H and O–H groups in total. The van der Waals surface area contributed by atoms with Crippen molar-refractivity contribution in [1.82, 2.24) is 0 Å². The summed E-state index contributed by atoms with van der Waals surface area (Å²) in [6.45, 7) is 4.03. The molecule has 0 bridgehead atoms. The molecular formula is C18H16O5. The average molecular weight is 312 g/mol. The number of hydrogen-bond donors (Lipinski definition) is 0. The molecule has 23 heavy (non-hydrogen) atoms. The fourth-order valence-electron chi connectivity index (χ4n) is 2.11. The van der Waals surface area contributed by atoms with Crippen molar-refractivity contribution in [3.8, 4) is 22.6 Å². The van der Waals surface area contributed by atoms with Gasteiger partial charge in [0.25, 0.3) is 0 Å². The zero-order valence-corrected chi connectivity index (χ0v) is 13.1. The molecule has 0 spiro atoms. The van der Waals surface area contributed by atoms with E-state index in [1.54, 1.807) is 42.5 Å². The van der Waals surface area contributed by atoms with Gasteiger partial charge in [-0.05, 0) is 42.3 Å². The van der Waals surface area contributed by atoms with Gasteiger partial charge in [0, 0.05) is 13.8 Å². The van der Waals surface area contributed by atoms with Crippen molar-refractivity contribution in [2.75, 3.05) is 0 Å². The van der Waals surface area contributed by atoms with Crippen molar-refractivity contribution in [3.63, 3.8) is 0 Å². The molecule has 5 heteroatoms. The third kappa shape index (κ3) is 4.26. The highest BCUT2D eigenvalue weighted by molar-refractivity contribution is 5.98. The van der Waals surface area contributed by atoms with Crippen LogP contribution < -0.4 is 9.47 Å². The largest absolute Gasteiger partial charge is 0.427 e. The van der Waals surface area contributed by atoms with Crippen LogP contribution in [-0.2, 0) is 9.59 Å². The van der Waals surface area contributed by atoms with Gasteiger partial charge in [0.1, 0.15) is 11.5 Å². The molecule has 0 saturated carbocycles. The Balaban J connectivity index is 2.37. The normalized spacial score (nSPS) is 10.0. The highest BCUT2D eigenvalue weighted by Crippen LogP contribution is 2.29. The first-order valence-corrected chi connectivity index (χ1v) is 6.99. The van der Waals surface area contributed by atoms with Crippen molar-refractivity contribution in [3.05, 3.63) is 48.0 Å². The van der Waals surface area contributed by atoms with E-state index in [0.717, 1.165) is 11.1 Å². The maximum Gasteiger partial charge on any atom is 0.308 e. The third-order valence-electron chi connectivity index (χ3n) is 3.06.